The van der Waals surface area contributed by atoms with Gasteiger partial charge in [-0.3, -0.25) is 9.59 Å². The largest absolute Gasteiger partial charge is 0.481 e. The van der Waals surface area contributed by atoms with Crippen molar-refractivity contribution < 1.29 is 19.1 Å². The summed E-state index contributed by atoms with van der Waals surface area (Å²) < 4.78 is 5.25. The van der Waals surface area contributed by atoms with Crippen LogP contribution in [0.25, 0.3) is 10.8 Å². The second kappa shape index (κ2) is 5.69. The number of hydrogen-bond acceptors (Lipinski definition) is 5. The molecular formula is C14H14N2O4S. The molecule has 0 radical (unpaired) electrons. The number of hydrogen-bond donors (Lipinski definition) is 1. The zero-order chi connectivity index (χ0) is 14.8. The molecule has 6 nitrogen and oxygen atoms in total. The van der Waals surface area contributed by atoms with Crippen molar-refractivity contribution in [3.05, 3.63) is 29.5 Å². The lowest BCUT2D eigenvalue weighted by Gasteiger charge is -2.30. The Morgan fingerprint density at radius 1 is 1.48 bits per heavy atom. The van der Waals surface area contributed by atoms with E-state index < -0.39 is 11.9 Å². The summed E-state index contributed by atoms with van der Waals surface area (Å²) in [6, 6.07) is 3.55. The lowest BCUT2D eigenvalue weighted by atomic mass is 9.98. The quantitative estimate of drug-likeness (QED) is 0.941. The molecule has 1 unspecified atom stereocenters. The first-order valence-corrected chi connectivity index (χ1v) is 7.48. The highest BCUT2D eigenvalue weighted by Gasteiger charge is 2.29. The van der Waals surface area contributed by atoms with Crippen molar-refractivity contribution in [2.75, 3.05) is 13.1 Å². The van der Waals surface area contributed by atoms with Crippen LogP contribution in [0.1, 0.15) is 22.5 Å². The predicted octanol–water partition coefficient (Wildman–Crippen LogP) is 2.34. The summed E-state index contributed by atoms with van der Waals surface area (Å²) in [5, 5.41) is 9.73. The number of nitrogens with zero attached hydrogens (tertiary/aromatic N) is 2. The van der Waals surface area contributed by atoms with E-state index in [9.17, 15) is 9.59 Å². The normalized spacial score (nSPS) is 18.7. The van der Waals surface area contributed by atoms with Gasteiger partial charge in [0.2, 0.25) is 0 Å². The Balaban J connectivity index is 1.74. The molecule has 1 saturated heterocycles. The Morgan fingerprint density at radius 3 is 3.05 bits per heavy atom. The highest BCUT2D eigenvalue weighted by Crippen LogP contribution is 2.27. The molecule has 2 aromatic heterocycles. The first-order chi connectivity index (χ1) is 10.1. The van der Waals surface area contributed by atoms with Crippen molar-refractivity contribution in [3.8, 4) is 10.8 Å². The maximum absolute atomic E-state index is 12.4. The second-order valence-corrected chi connectivity index (χ2v) is 5.97. The SMILES string of the molecule is O=C(O)C1CCCN(C(=O)c2cnc(-c3ccco3)s2)C1. The molecular weight excluding hydrogens is 292 g/mol. The van der Waals surface area contributed by atoms with Crippen molar-refractivity contribution in [1.29, 1.82) is 0 Å². The maximum Gasteiger partial charge on any atom is 0.308 e. The number of carboxylic acid groups (broad SMARTS) is 1. The van der Waals surface area contributed by atoms with E-state index in [4.69, 9.17) is 9.52 Å². The summed E-state index contributed by atoms with van der Waals surface area (Å²) >= 11 is 1.26. The van der Waals surface area contributed by atoms with Gasteiger partial charge in [0.05, 0.1) is 18.4 Å². The molecule has 1 aliphatic heterocycles. The minimum atomic E-state index is -0.840. The van der Waals surface area contributed by atoms with E-state index in [0.717, 1.165) is 0 Å². The number of rotatable bonds is 3. The Bertz CT molecular complexity index is 650. The third kappa shape index (κ3) is 2.82. The first-order valence-electron chi connectivity index (χ1n) is 6.67. The van der Waals surface area contributed by atoms with Crippen molar-refractivity contribution >= 4 is 23.2 Å². The van der Waals surface area contributed by atoms with Crippen LogP contribution in [0.3, 0.4) is 0 Å². The van der Waals surface area contributed by atoms with Crippen LogP contribution in [-0.4, -0.2) is 40.0 Å². The number of carbonyl (C=O) groups excluding carboxylic acids is 1. The van der Waals surface area contributed by atoms with Gasteiger partial charge < -0.3 is 14.4 Å². The van der Waals surface area contributed by atoms with Crippen LogP contribution in [-0.2, 0) is 4.79 Å². The number of amides is 1. The molecule has 1 atom stereocenters. The molecule has 1 amide bonds. The van der Waals surface area contributed by atoms with Crippen molar-refractivity contribution in [1.82, 2.24) is 9.88 Å². The summed E-state index contributed by atoms with van der Waals surface area (Å²) in [5.74, 6) is -0.842. The minimum absolute atomic E-state index is 0.156. The number of carbonyl (C=O) groups is 2. The fraction of sp³-hybridized carbons (Fsp3) is 0.357. The van der Waals surface area contributed by atoms with Crippen LogP contribution in [0.5, 0.6) is 0 Å². The Labute approximate surface area is 125 Å². The van der Waals surface area contributed by atoms with E-state index in [-0.39, 0.29) is 12.5 Å². The average molecular weight is 306 g/mol. The molecule has 0 aliphatic carbocycles. The molecule has 110 valence electrons. The standard InChI is InChI=1S/C14H14N2O4S/c17-13(16-5-1-3-9(8-16)14(18)19)11-7-15-12(21-11)10-4-2-6-20-10/h2,4,6-7,9H,1,3,5,8H2,(H,18,19). The van der Waals surface area contributed by atoms with Gasteiger partial charge in [-0.15, -0.1) is 11.3 Å². The van der Waals surface area contributed by atoms with E-state index in [1.807, 2.05) is 0 Å². The van der Waals surface area contributed by atoms with Crippen molar-refractivity contribution in [2.45, 2.75) is 12.8 Å². The molecule has 1 fully saturated rings. The summed E-state index contributed by atoms with van der Waals surface area (Å²) in [6.07, 6.45) is 4.42. The van der Waals surface area contributed by atoms with Gasteiger partial charge in [0, 0.05) is 13.1 Å². The van der Waals surface area contributed by atoms with Crippen LogP contribution >= 0.6 is 11.3 Å². The molecule has 0 spiro atoms. The van der Waals surface area contributed by atoms with E-state index in [0.29, 0.717) is 35.0 Å². The summed E-state index contributed by atoms with van der Waals surface area (Å²) in [7, 11) is 0. The third-order valence-electron chi connectivity index (χ3n) is 3.51. The fourth-order valence-corrected chi connectivity index (χ4v) is 3.26. The van der Waals surface area contributed by atoms with E-state index in [2.05, 4.69) is 4.98 Å². The Morgan fingerprint density at radius 2 is 2.33 bits per heavy atom. The highest BCUT2D eigenvalue weighted by atomic mass is 32.1. The molecule has 1 aliphatic rings. The Hall–Kier alpha value is -2.15. The lowest BCUT2D eigenvalue weighted by Crippen LogP contribution is -2.42. The van der Waals surface area contributed by atoms with Crippen LogP contribution in [0.2, 0.25) is 0 Å². The summed E-state index contributed by atoms with van der Waals surface area (Å²) in [5.41, 5.74) is 0. The van der Waals surface area contributed by atoms with E-state index in [1.165, 1.54) is 17.5 Å². The predicted molar refractivity (Wildman–Crippen MR) is 76.1 cm³/mol. The van der Waals surface area contributed by atoms with Crippen LogP contribution < -0.4 is 0 Å². The topological polar surface area (TPSA) is 83.6 Å². The second-order valence-electron chi connectivity index (χ2n) is 4.94. The number of furan rings is 1. The molecule has 0 bridgehead atoms. The molecule has 7 heteroatoms. The fourth-order valence-electron chi connectivity index (χ4n) is 2.41. The van der Waals surface area contributed by atoms with Crippen molar-refractivity contribution in [3.63, 3.8) is 0 Å². The van der Waals surface area contributed by atoms with Gasteiger partial charge in [0.25, 0.3) is 5.91 Å². The van der Waals surface area contributed by atoms with Gasteiger partial charge >= 0.3 is 5.97 Å². The Kier molecular flexibility index (Phi) is 3.74. The monoisotopic (exact) mass is 306 g/mol. The zero-order valence-corrected chi connectivity index (χ0v) is 12.0. The van der Waals surface area contributed by atoms with Gasteiger partial charge in [-0.25, -0.2) is 4.98 Å². The highest BCUT2D eigenvalue weighted by molar-refractivity contribution is 7.16. The van der Waals surface area contributed by atoms with E-state index >= 15 is 0 Å². The minimum Gasteiger partial charge on any atom is -0.481 e. The maximum atomic E-state index is 12.4. The first kappa shape index (κ1) is 13.8. The third-order valence-corrected chi connectivity index (χ3v) is 4.51. The van der Waals surface area contributed by atoms with E-state index in [1.54, 1.807) is 23.3 Å². The van der Waals surface area contributed by atoms with Gasteiger partial charge in [-0.2, -0.15) is 0 Å². The molecule has 0 saturated carbocycles. The number of aliphatic carboxylic acids is 1. The molecule has 3 rings (SSSR count). The summed E-state index contributed by atoms with van der Waals surface area (Å²) in [6.45, 7) is 0.860. The molecule has 3 heterocycles. The van der Waals surface area contributed by atoms with Crippen LogP contribution in [0.4, 0.5) is 0 Å². The number of piperidine rings is 1. The number of thiazole rings is 1. The van der Waals surface area contributed by atoms with Gasteiger partial charge in [-0.1, -0.05) is 0 Å². The molecule has 21 heavy (non-hydrogen) atoms. The molecule has 2 aromatic rings. The average Bonchev–Trinajstić information content (AvgIpc) is 3.17. The summed E-state index contributed by atoms with van der Waals surface area (Å²) in [4.78, 5) is 29.8. The number of likely N-dealkylation sites (tertiary alicyclic amines) is 1. The van der Waals surface area contributed by atoms with Crippen LogP contribution in [0, 0.1) is 5.92 Å². The van der Waals surface area contributed by atoms with Gasteiger partial charge in [0.1, 0.15) is 4.88 Å². The lowest BCUT2D eigenvalue weighted by molar-refractivity contribution is -0.143. The van der Waals surface area contributed by atoms with Gasteiger partial charge in [-0.05, 0) is 25.0 Å². The molecule has 0 aromatic carbocycles. The molecule has 1 N–H and O–H groups in total. The van der Waals surface area contributed by atoms with Gasteiger partial charge in [0.15, 0.2) is 10.8 Å². The zero-order valence-electron chi connectivity index (χ0n) is 11.2. The number of carboxylic acids is 1. The van der Waals surface area contributed by atoms with Crippen LogP contribution in [0.15, 0.2) is 29.0 Å². The van der Waals surface area contributed by atoms with Crippen molar-refractivity contribution in [2.24, 2.45) is 5.92 Å². The number of aromatic nitrogens is 1. The smallest absolute Gasteiger partial charge is 0.308 e.